The van der Waals surface area contributed by atoms with E-state index in [1.165, 1.54) is 11.1 Å². The van der Waals surface area contributed by atoms with E-state index in [1.807, 2.05) is 49.4 Å². The number of aromatic nitrogens is 2. The fraction of sp³-hybridized carbons (Fsp3) is 0.333. The van der Waals surface area contributed by atoms with E-state index in [0.717, 1.165) is 48.2 Å². The Bertz CT molecular complexity index is 985. The first kappa shape index (κ1) is 19.4. The third-order valence-electron chi connectivity index (χ3n) is 5.34. The summed E-state index contributed by atoms with van der Waals surface area (Å²) in [5, 5.41) is 13.3. The highest BCUT2D eigenvalue weighted by atomic mass is 16.3. The average molecular weight is 389 g/mol. The molecule has 1 aliphatic rings. The van der Waals surface area contributed by atoms with Crippen LogP contribution in [0, 0.1) is 0 Å². The van der Waals surface area contributed by atoms with Crippen LogP contribution in [0.5, 0.6) is 0 Å². The van der Waals surface area contributed by atoms with Gasteiger partial charge in [-0.2, -0.15) is 0 Å². The van der Waals surface area contributed by atoms with Gasteiger partial charge in [0.15, 0.2) is 0 Å². The molecular weight excluding hydrogens is 360 g/mol. The van der Waals surface area contributed by atoms with Crippen molar-refractivity contribution in [3.8, 4) is 0 Å². The van der Waals surface area contributed by atoms with E-state index in [9.17, 15) is 5.11 Å². The first-order valence-electron chi connectivity index (χ1n) is 10.3. The topological polar surface area (TPSA) is 61.3 Å². The van der Waals surface area contributed by atoms with Crippen molar-refractivity contribution in [2.75, 3.05) is 16.8 Å². The fourth-order valence-electron chi connectivity index (χ4n) is 3.63. The van der Waals surface area contributed by atoms with Gasteiger partial charge in [0.25, 0.3) is 0 Å². The molecule has 3 aromatic rings. The van der Waals surface area contributed by atoms with E-state index in [2.05, 4.69) is 36.2 Å². The van der Waals surface area contributed by atoms with Crippen molar-refractivity contribution in [1.29, 1.82) is 0 Å². The van der Waals surface area contributed by atoms with Crippen LogP contribution in [0.15, 0.2) is 54.6 Å². The number of para-hydroxylation sites is 1. The number of anilines is 3. The highest BCUT2D eigenvalue weighted by Gasteiger charge is 2.20. The molecule has 1 atom stereocenters. The minimum atomic E-state index is -0.430. The van der Waals surface area contributed by atoms with E-state index in [4.69, 9.17) is 9.97 Å². The summed E-state index contributed by atoms with van der Waals surface area (Å²) in [7, 11) is 0. The maximum atomic E-state index is 9.86. The summed E-state index contributed by atoms with van der Waals surface area (Å²) in [6.07, 6.45) is 0.513. The zero-order chi connectivity index (χ0) is 20.4. The number of nitrogens with zero attached hydrogens (tertiary/aromatic N) is 3. The summed E-state index contributed by atoms with van der Waals surface area (Å²) < 4.78 is 0. The van der Waals surface area contributed by atoms with Gasteiger partial charge in [-0.1, -0.05) is 50.2 Å². The molecule has 5 heteroatoms. The molecule has 0 bridgehead atoms. The molecule has 0 amide bonds. The lowest BCUT2D eigenvalue weighted by molar-refractivity contribution is 0.199. The lowest BCUT2D eigenvalue weighted by atomic mass is 9.96. The molecule has 2 heterocycles. The van der Waals surface area contributed by atoms with Gasteiger partial charge in [0.05, 0.1) is 6.10 Å². The van der Waals surface area contributed by atoms with E-state index < -0.39 is 6.10 Å². The lowest BCUT2D eigenvalue weighted by Crippen LogP contribution is -2.31. The zero-order valence-electron chi connectivity index (χ0n) is 17.3. The number of fused-ring (bicyclic) bond motifs is 1. The quantitative estimate of drug-likeness (QED) is 0.647. The number of aliphatic hydroxyl groups excluding tert-OH is 1. The van der Waals surface area contributed by atoms with Gasteiger partial charge in [-0.3, -0.25) is 0 Å². The number of benzene rings is 2. The summed E-state index contributed by atoms with van der Waals surface area (Å²) in [6.45, 7) is 7.76. The zero-order valence-corrected chi connectivity index (χ0v) is 17.3. The van der Waals surface area contributed by atoms with Crippen molar-refractivity contribution in [2.24, 2.45) is 0 Å². The minimum Gasteiger partial charge on any atom is -0.389 e. The normalized spacial score (nSPS) is 14.6. The molecule has 0 aliphatic carbocycles. The van der Waals surface area contributed by atoms with Crippen LogP contribution < -0.4 is 10.2 Å². The number of aliphatic hydroxyl groups is 1. The highest BCUT2D eigenvalue weighted by molar-refractivity contribution is 5.60. The summed E-state index contributed by atoms with van der Waals surface area (Å²) >= 11 is 0. The predicted molar refractivity (Wildman–Crippen MR) is 118 cm³/mol. The second-order valence-corrected chi connectivity index (χ2v) is 7.99. The third-order valence-corrected chi connectivity index (χ3v) is 5.34. The minimum absolute atomic E-state index is 0.247. The Hall–Kier alpha value is -2.92. The van der Waals surface area contributed by atoms with Gasteiger partial charge >= 0.3 is 0 Å². The monoisotopic (exact) mass is 388 g/mol. The van der Waals surface area contributed by atoms with Gasteiger partial charge < -0.3 is 15.3 Å². The molecule has 0 fully saturated rings. The Morgan fingerprint density at radius 1 is 0.966 bits per heavy atom. The molecule has 5 nitrogen and oxygen atoms in total. The molecule has 4 rings (SSSR count). The van der Waals surface area contributed by atoms with Gasteiger partial charge in [0.2, 0.25) is 0 Å². The molecule has 0 spiro atoms. The van der Waals surface area contributed by atoms with Crippen LogP contribution in [0.25, 0.3) is 0 Å². The summed E-state index contributed by atoms with van der Waals surface area (Å²) in [6, 6.07) is 18.4. The molecule has 0 saturated heterocycles. The van der Waals surface area contributed by atoms with Crippen molar-refractivity contribution in [1.82, 2.24) is 9.97 Å². The average Bonchev–Trinajstić information content (AvgIpc) is 2.73. The summed E-state index contributed by atoms with van der Waals surface area (Å²) in [4.78, 5) is 11.9. The van der Waals surface area contributed by atoms with Gasteiger partial charge in [-0.25, -0.2) is 9.97 Å². The summed E-state index contributed by atoms with van der Waals surface area (Å²) in [5.41, 5.74) is 4.61. The summed E-state index contributed by atoms with van der Waals surface area (Å²) in [5.74, 6) is 2.86. The fourth-order valence-corrected chi connectivity index (χ4v) is 3.63. The molecular formula is C24H28N4O. The Kier molecular flexibility index (Phi) is 5.49. The van der Waals surface area contributed by atoms with Gasteiger partial charge in [0, 0.05) is 30.8 Å². The molecule has 0 saturated carbocycles. The van der Waals surface area contributed by atoms with Gasteiger partial charge in [-0.05, 0) is 42.2 Å². The number of hydrogen-bond donors (Lipinski definition) is 2. The molecule has 0 unspecified atom stereocenters. The van der Waals surface area contributed by atoms with Crippen molar-refractivity contribution in [3.63, 3.8) is 0 Å². The van der Waals surface area contributed by atoms with Crippen molar-refractivity contribution in [2.45, 2.75) is 45.8 Å². The highest BCUT2D eigenvalue weighted by Crippen LogP contribution is 2.28. The number of hydrogen-bond acceptors (Lipinski definition) is 5. The molecule has 29 heavy (non-hydrogen) atoms. The van der Waals surface area contributed by atoms with Crippen LogP contribution in [0.3, 0.4) is 0 Å². The van der Waals surface area contributed by atoms with Crippen molar-refractivity contribution < 1.29 is 5.11 Å². The second kappa shape index (κ2) is 8.21. The van der Waals surface area contributed by atoms with Crippen molar-refractivity contribution in [3.05, 3.63) is 77.1 Å². The molecule has 2 N–H and O–H groups in total. The smallest absolute Gasteiger partial charge is 0.136 e. The molecule has 0 radical (unpaired) electrons. The van der Waals surface area contributed by atoms with Crippen LogP contribution in [-0.4, -0.2) is 21.6 Å². The Morgan fingerprint density at radius 3 is 2.48 bits per heavy atom. The molecule has 150 valence electrons. The van der Waals surface area contributed by atoms with Crippen molar-refractivity contribution >= 4 is 17.3 Å². The molecule has 2 aromatic carbocycles. The number of rotatable bonds is 5. The van der Waals surface area contributed by atoms with Crippen LogP contribution in [0.1, 0.15) is 55.3 Å². The third kappa shape index (κ3) is 4.40. The Morgan fingerprint density at radius 2 is 1.76 bits per heavy atom. The Labute approximate surface area is 172 Å². The van der Waals surface area contributed by atoms with Crippen LogP contribution in [-0.2, 0) is 13.0 Å². The largest absolute Gasteiger partial charge is 0.389 e. The SMILES string of the molecule is CC(C)c1nc(Nc2ccccc2)cc(N2CCc3cc([C@H](C)O)ccc3C2)n1. The first-order valence-corrected chi connectivity index (χ1v) is 10.3. The maximum absolute atomic E-state index is 9.86. The first-order chi connectivity index (χ1) is 14.0. The van der Waals surface area contributed by atoms with Gasteiger partial charge in [0.1, 0.15) is 17.5 Å². The molecule has 1 aliphatic heterocycles. The van der Waals surface area contributed by atoms with E-state index in [1.54, 1.807) is 0 Å². The van der Waals surface area contributed by atoms with Gasteiger partial charge in [-0.15, -0.1) is 0 Å². The maximum Gasteiger partial charge on any atom is 0.136 e. The lowest BCUT2D eigenvalue weighted by Gasteiger charge is -2.31. The molecule has 1 aromatic heterocycles. The second-order valence-electron chi connectivity index (χ2n) is 7.99. The van der Waals surface area contributed by atoms with Crippen LogP contribution in [0.2, 0.25) is 0 Å². The number of nitrogens with one attached hydrogen (secondary N) is 1. The standard InChI is InChI=1S/C24H28N4O/c1-16(2)24-26-22(25-21-7-5-4-6-8-21)14-23(27-24)28-12-11-19-13-18(17(3)29)9-10-20(19)15-28/h4-10,13-14,16-17,29H,11-12,15H2,1-3H3,(H,25,26,27)/t17-/m0/s1. The predicted octanol–water partition coefficient (Wildman–Crippen LogP) is 4.96. The van der Waals surface area contributed by atoms with Crippen LogP contribution >= 0.6 is 0 Å². The van der Waals surface area contributed by atoms with Crippen LogP contribution in [0.4, 0.5) is 17.3 Å². The van der Waals surface area contributed by atoms with E-state index in [0.29, 0.717) is 0 Å². The van der Waals surface area contributed by atoms with E-state index >= 15 is 0 Å². The Balaban J connectivity index is 1.62. The van der Waals surface area contributed by atoms with E-state index in [-0.39, 0.29) is 5.92 Å².